The normalized spacial score (nSPS) is 16.7. The smallest absolute Gasteiger partial charge is 0.328 e. The van der Waals surface area contributed by atoms with Crippen molar-refractivity contribution in [1.82, 2.24) is 20.4 Å². The van der Waals surface area contributed by atoms with Crippen LogP contribution in [0.4, 0.5) is 10.5 Å². The monoisotopic (exact) mass is 647 g/mol. The van der Waals surface area contributed by atoms with E-state index in [1.807, 2.05) is 65.6 Å². The van der Waals surface area contributed by atoms with Crippen molar-refractivity contribution >= 4 is 45.4 Å². The number of amides is 4. The van der Waals surface area contributed by atoms with Crippen molar-refractivity contribution in [3.8, 4) is 0 Å². The van der Waals surface area contributed by atoms with Crippen LogP contribution in [0.5, 0.6) is 0 Å². The molecule has 1 atom stereocenters. The maximum absolute atomic E-state index is 14.0. The van der Waals surface area contributed by atoms with Gasteiger partial charge in [-0.2, -0.15) is 0 Å². The summed E-state index contributed by atoms with van der Waals surface area (Å²) in [5.74, 6) is -1.77. The van der Waals surface area contributed by atoms with Gasteiger partial charge in [0.2, 0.25) is 5.91 Å². The van der Waals surface area contributed by atoms with Crippen molar-refractivity contribution in [2.24, 2.45) is 0 Å². The van der Waals surface area contributed by atoms with Crippen molar-refractivity contribution in [1.29, 1.82) is 0 Å². The Bertz CT molecular complexity index is 1470. The number of urea groups is 1. The van der Waals surface area contributed by atoms with E-state index in [0.717, 1.165) is 11.3 Å². The summed E-state index contributed by atoms with van der Waals surface area (Å²) in [6.45, 7) is 3.05. The number of aryl methyl sites for hydroxylation is 1. The van der Waals surface area contributed by atoms with E-state index >= 15 is 0 Å². The van der Waals surface area contributed by atoms with Crippen molar-refractivity contribution in [2.75, 3.05) is 31.2 Å². The fraction of sp³-hybridized carbons (Fsp3) is 0.312. The maximum atomic E-state index is 14.0. The Labute approximate surface area is 258 Å². The number of nitrogens with one attached hydrogen (secondary N) is 2. The summed E-state index contributed by atoms with van der Waals surface area (Å²) in [6.07, 6.45) is 0.861. The molecule has 3 aromatic carbocycles. The van der Waals surface area contributed by atoms with Crippen LogP contribution in [0.2, 0.25) is 0 Å². The van der Waals surface area contributed by atoms with Crippen molar-refractivity contribution in [2.45, 2.75) is 37.9 Å². The quantitative estimate of drug-likeness (QED) is 0.340. The second-order valence-electron chi connectivity index (χ2n) is 10.9. The number of anilines is 1. The number of piperidine rings is 1. The van der Waals surface area contributed by atoms with E-state index in [-0.39, 0.29) is 12.5 Å². The molecule has 0 radical (unpaired) electrons. The second-order valence-corrected chi connectivity index (χ2v) is 11.7. The fourth-order valence-corrected chi connectivity index (χ4v) is 6.50. The Hall–Kier alpha value is -4.38. The summed E-state index contributed by atoms with van der Waals surface area (Å²) in [5.41, 5.74) is 2.24. The van der Waals surface area contributed by atoms with Crippen LogP contribution in [-0.4, -0.2) is 76.6 Å². The van der Waals surface area contributed by atoms with E-state index in [1.165, 1.54) is 0 Å². The van der Waals surface area contributed by atoms with E-state index in [9.17, 15) is 24.3 Å². The first-order valence-corrected chi connectivity index (χ1v) is 15.0. The number of hydrogen-bond acceptors (Lipinski definition) is 5. The van der Waals surface area contributed by atoms with Gasteiger partial charge >= 0.3 is 12.0 Å². The molecule has 2 aliphatic rings. The summed E-state index contributed by atoms with van der Waals surface area (Å²) < 4.78 is 0.550. The van der Waals surface area contributed by atoms with Gasteiger partial charge in [0.15, 0.2) is 0 Å². The first-order chi connectivity index (χ1) is 20.7. The van der Waals surface area contributed by atoms with Crippen LogP contribution < -0.4 is 15.5 Å². The van der Waals surface area contributed by atoms with Gasteiger partial charge in [-0.05, 0) is 65.0 Å². The lowest BCUT2D eigenvalue weighted by molar-refractivity contribution is -0.139. The third-order valence-corrected chi connectivity index (χ3v) is 8.85. The molecule has 0 aliphatic carbocycles. The lowest BCUT2D eigenvalue weighted by Crippen LogP contribution is -2.59. The summed E-state index contributed by atoms with van der Waals surface area (Å²) in [4.78, 5) is 57.5. The number of carbonyl (C=O) groups is 4. The van der Waals surface area contributed by atoms with Gasteiger partial charge in [-0.15, -0.1) is 0 Å². The summed E-state index contributed by atoms with van der Waals surface area (Å²) in [7, 11) is 0. The largest absolute Gasteiger partial charge is 0.480 e. The molecule has 2 aliphatic heterocycles. The van der Waals surface area contributed by atoms with Gasteiger partial charge in [-0.25, -0.2) is 9.59 Å². The number of aliphatic carboxylic acids is 1. The first kappa shape index (κ1) is 30.1. The molecule has 3 N–H and O–H groups in total. The SMILES string of the molecule is Cc1cccc(Br)c1C(=O)NC(CNC(=O)N1CCC2(CC1)C(=O)N(Cc1ccccc1)CN2c1ccccc1)C(=O)O. The molecule has 1 unspecified atom stereocenters. The molecule has 2 heterocycles. The van der Waals surface area contributed by atoms with Crippen LogP contribution in [0.3, 0.4) is 0 Å². The molecule has 10 nitrogen and oxygen atoms in total. The minimum atomic E-state index is -1.32. The van der Waals surface area contributed by atoms with E-state index in [0.29, 0.717) is 54.7 Å². The van der Waals surface area contributed by atoms with E-state index in [2.05, 4.69) is 31.5 Å². The average molecular weight is 649 g/mol. The fourth-order valence-electron chi connectivity index (χ4n) is 5.86. The average Bonchev–Trinajstić information content (AvgIpc) is 3.26. The van der Waals surface area contributed by atoms with Crippen LogP contribution in [0.15, 0.2) is 83.3 Å². The highest BCUT2D eigenvalue weighted by atomic mass is 79.9. The molecule has 43 heavy (non-hydrogen) atoms. The third kappa shape index (κ3) is 6.36. The molecule has 0 bridgehead atoms. The van der Waals surface area contributed by atoms with Gasteiger partial charge in [-0.1, -0.05) is 60.7 Å². The molecule has 0 saturated carbocycles. The number of halogens is 1. The van der Waals surface area contributed by atoms with Crippen LogP contribution >= 0.6 is 15.9 Å². The van der Waals surface area contributed by atoms with Crippen molar-refractivity contribution < 1.29 is 24.3 Å². The highest BCUT2D eigenvalue weighted by Gasteiger charge is 2.54. The molecule has 2 saturated heterocycles. The number of carboxylic acid groups (broad SMARTS) is 1. The summed E-state index contributed by atoms with van der Waals surface area (Å²) in [6, 6.07) is 23.2. The number of rotatable bonds is 8. The van der Waals surface area contributed by atoms with Gasteiger partial charge in [0.05, 0.1) is 18.8 Å². The molecular formula is C32H34BrN5O5. The van der Waals surface area contributed by atoms with E-state index in [1.54, 1.807) is 30.0 Å². The number of para-hydroxylation sites is 1. The predicted molar refractivity (Wildman–Crippen MR) is 165 cm³/mol. The zero-order chi connectivity index (χ0) is 30.6. The molecule has 224 valence electrons. The first-order valence-electron chi connectivity index (χ1n) is 14.2. The predicted octanol–water partition coefficient (Wildman–Crippen LogP) is 3.99. The molecule has 2 fully saturated rings. The number of benzene rings is 3. The highest BCUT2D eigenvalue weighted by Crippen LogP contribution is 2.40. The lowest BCUT2D eigenvalue weighted by atomic mass is 9.85. The third-order valence-electron chi connectivity index (χ3n) is 8.19. The van der Waals surface area contributed by atoms with Crippen LogP contribution in [0.1, 0.15) is 34.3 Å². The molecule has 11 heteroatoms. The number of carbonyl (C=O) groups excluding carboxylic acids is 3. The zero-order valence-electron chi connectivity index (χ0n) is 23.8. The standard InChI is InChI=1S/C32H34BrN5O5/c1-22-9-8-14-25(33)27(22)28(39)35-26(29(40)41)19-34-31(43)36-17-15-32(16-18-36)30(42)37(20-23-10-4-2-5-11-23)21-38(32)24-12-6-3-7-13-24/h2-14,26H,15-21H2,1H3,(H,34,43)(H,35,39)(H,40,41). The van der Waals surface area contributed by atoms with Gasteiger partial charge in [0.1, 0.15) is 11.6 Å². The molecule has 1 spiro atoms. The Morgan fingerprint density at radius 2 is 1.60 bits per heavy atom. The number of nitrogens with zero attached hydrogens (tertiary/aromatic N) is 3. The molecule has 3 aromatic rings. The Morgan fingerprint density at radius 1 is 0.953 bits per heavy atom. The van der Waals surface area contributed by atoms with Gasteiger partial charge in [0, 0.05) is 29.8 Å². The minimum absolute atomic E-state index is 0.0382. The number of likely N-dealkylation sites (tertiary alicyclic amines) is 1. The number of hydrogen-bond donors (Lipinski definition) is 3. The van der Waals surface area contributed by atoms with Crippen LogP contribution in [-0.2, 0) is 16.1 Å². The van der Waals surface area contributed by atoms with Crippen molar-refractivity contribution in [3.63, 3.8) is 0 Å². The molecule has 4 amide bonds. The lowest BCUT2D eigenvalue weighted by Gasteiger charge is -2.43. The molecule has 5 rings (SSSR count). The van der Waals surface area contributed by atoms with Gasteiger partial charge in [0.25, 0.3) is 5.91 Å². The second kappa shape index (κ2) is 12.9. The Kier molecular flexibility index (Phi) is 9.00. The summed E-state index contributed by atoms with van der Waals surface area (Å²) >= 11 is 3.34. The summed E-state index contributed by atoms with van der Waals surface area (Å²) in [5, 5.41) is 14.9. The van der Waals surface area contributed by atoms with E-state index < -0.39 is 29.5 Å². The Balaban J connectivity index is 1.24. The van der Waals surface area contributed by atoms with Crippen LogP contribution in [0.25, 0.3) is 0 Å². The molecule has 0 aromatic heterocycles. The van der Waals surface area contributed by atoms with Gasteiger partial charge < -0.3 is 30.4 Å². The topological polar surface area (TPSA) is 122 Å². The van der Waals surface area contributed by atoms with Crippen LogP contribution in [0, 0.1) is 6.92 Å². The number of carboxylic acids is 1. The molecular weight excluding hydrogens is 614 g/mol. The highest BCUT2D eigenvalue weighted by molar-refractivity contribution is 9.10. The van der Waals surface area contributed by atoms with Gasteiger partial charge in [-0.3, -0.25) is 9.59 Å². The zero-order valence-corrected chi connectivity index (χ0v) is 25.4. The Morgan fingerprint density at radius 3 is 2.23 bits per heavy atom. The maximum Gasteiger partial charge on any atom is 0.328 e. The minimum Gasteiger partial charge on any atom is -0.480 e. The van der Waals surface area contributed by atoms with E-state index in [4.69, 9.17) is 0 Å². The van der Waals surface area contributed by atoms with Crippen molar-refractivity contribution in [3.05, 3.63) is 100 Å².